The number of halogens is 1. The Morgan fingerprint density at radius 3 is 2.55 bits per heavy atom. The molecule has 1 saturated heterocycles. The largest absolute Gasteiger partial charge is 0.366 e. The highest BCUT2D eigenvalue weighted by molar-refractivity contribution is 6.32. The van der Waals surface area contributed by atoms with Crippen molar-refractivity contribution < 1.29 is 14.4 Å². The molecule has 2 heterocycles. The molecule has 1 aliphatic carbocycles. The fourth-order valence-corrected chi connectivity index (χ4v) is 6.23. The third-order valence-electron chi connectivity index (χ3n) is 7.73. The van der Waals surface area contributed by atoms with Crippen LogP contribution in [0, 0.1) is 5.92 Å². The van der Waals surface area contributed by atoms with Crippen LogP contribution in [-0.2, 0) is 4.79 Å². The van der Waals surface area contributed by atoms with Crippen molar-refractivity contribution >= 4 is 45.9 Å². The lowest BCUT2D eigenvalue weighted by molar-refractivity contribution is -0.124. The van der Waals surface area contributed by atoms with Gasteiger partial charge < -0.3 is 11.1 Å². The van der Waals surface area contributed by atoms with Crippen LogP contribution in [0.1, 0.15) is 41.1 Å². The molecule has 4 aromatic rings. The zero-order valence-corrected chi connectivity index (χ0v) is 21.2. The Labute approximate surface area is 224 Å². The second-order valence-corrected chi connectivity index (χ2v) is 10.3. The maximum Gasteiger partial charge on any atom is 0.329 e. The number of pyridine rings is 1. The van der Waals surface area contributed by atoms with Crippen LogP contribution in [0.25, 0.3) is 21.9 Å². The van der Waals surface area contributed by atoms with E-state index in [9.17, 15) is 14.4 Å². The fraction of sp³-hybridized carbons (Fsp3) is 0.200. The van der Waals surface area contributed by atoms with Crippen LogP contribution in [0.3, 0.4) is 0 Å². The first-order valence-corrected chi connectivity index (χ1v) is 13.0. The van der Waals surface area contributed by atoms with Crippen LogP contribution in [-0.4, -0.2) is 28.9 Å². The molecular weight excluding hydrogens is 500 g/mol. The number of rotatable bonds is 4. The minimum atomic E-state index is -0.479. The van der Waals surface area contributed by atoms with E-state index in [4.69, 9.17) is 17.3 Å². The number of nitrogens with one attached hydrogen (secondary N) is 1. The predicted molar refractivity (Wildman–Crippen MR) is 147 cm³/mol. The average Bonchev–Trinajstić information content (AvgIpc) is 2.93. The van der Waals surface area contributed by atoms with Crippen molar-refractivity contribution in [2.45, 2.75) is 31.2 Å². The molecule has 4 amide bonds. The number of carbonyl (C=O) groups excluding carboxylic acids is 3. The average molecular weight is 525 g/mol. The topological polar surface area (TPSA) is 105 Å². The van der Waals surface area contributed by atoms with E-state index < -0.39 is 11.9 Å². The van der Waals surface area contributed by atoms with Crippen molar-refractivity contribution in [2.24, 2.45) is 11.7 Å². The van der Waals surface area contributed by atoms with E-state index in [1.54, 1.807) is 24.5 Å². The van der Waals surface area contributed by atoms with Crippen LogP contribution >= 0.6 is 11.6 Å². The summed E-state index contributed by atoms with van der Waals surface area (Å²) in [7, 11) is 0. The lowest BCUT2D eigenvalue weighted by Crippen LogP contribution is -2.61. The van der Waals surface area contributed by atoms with Crippen molar-refractivity contribution in [2.75, 3.05) is 4.90 Å². The molecule has 8 heteroatoms. The Morgan fingerprint density at radius 2 is 1.76 bits per heavy atom. The number of aromatic nitrogens is 1. The summed E-state index contributed by atoms with van der Waals surface area (Å²) >= 11 is 6.74. The van der Waals surface area contributed by atoms with Gasteiger partial charge in [-0.05, 0) is 60.1 Å². The Hall–Kier alpha value is -4.23. The van der Waals surface area contributed by atoms with Gasteiger partial charge in [-0.1, -0.05) is 60.1 Å². The van der Waals surface area contributed by atoms with Crippen molar-refractivity contribution in [3.05, 3.63) is 95.3 Å². The van der Waals surface area contributed by atoms with Crippen molar-refractivity contribution in [1.82, 2.24) is 10.3 Å². The van der Waals surface area contributed by atoms with Gasteiger partial charge in [-0.3, -0.25) is 14.6 Å². The number of amides is 4. The van der Waals surface area contributed by atoms with Gasteiger partial charge >= 0.3 is 6.03 Å². The van der Waals surface area contributed by atoms with Crippen molar-refractivity contribution in [3.8, 4) is 11.1 Å². The van der Waals surface area contributed by atoms with E-state index in [-0.39, 0.29) is 23.8 Å². The van der Waals surface area contributed by atoms with Gasteiger partial charge in [-0.2, -0.15) is 0 Å². The van der Waals surface area contributed by atoms with Crippen LogP contribution in [0.15, 0.2) is 79.1 Å². The standard InChI is InChI=1S/C30H25ClN4O3/c31-24-7-3-6-22(17-8-10-18(11-9-17)28(32)36)27(24)19-12-13-23-25(14-19)34-30(38)35(29(23)37)26-16-33-15-20-4-1-2-5-21(20)26/h1-11,15-16,19,23,25H,12-14H2,(H2,32,36)(H,34,38). The second-order valence-electron chi connectivity index (χ2n) is 9.87. The van der Waals surface area contributed by atoms with Gasteiger partial charge in [0.25, 0.3) is 0 Å². The molecule has 1 aliphatic heterocycles. The molecular formula is C30H25ClN4O3. The number of urea groups is 1. The molecule has 7 nitrogen and oxygen atoms in total. The van der Waals surface area contributed by atoms with E-state index in [1.165, 1.54) is 4.90 Å². The number of carbonyl (C=O) groups is 3. The number of anilines is 1. The zero-order chi connectivity index (χ0) is 26.4. The van der Waals surface area contributed by atoms with E-state index >= 15 is 0 Å². The number of nitrogens with zero attached hydrogens (tertiary/aromatic N) is 2. The van der Waals surface area contributed by atoms with Gasteiger partial charge in [0.15, 0.2) is 0 Å². The van der Waals surface area contributed by atoms with Crippen LogP contribution in [0.5, 0.6) is 0 Å². The first kappa shape index (κ1) is 24.1. The molecule has 2 aliphatic rings. The molecule has 1 aromatic heterocycles. The second kappa shape index (κ2) is 9.58. The third kappa shape index (κ3) is 4.09. The molecule has 0 bridgehead atoms. The number of hydrogen-bond donors (Lipinski definition) is 2. The van der Waals surface area contributed by atoms with E-state index in [0.717, 1.165) is 33.9 Å². The Kier molecular flexibility index (Phi) is 6.08. The molecule has 3 unspecified atom stereocenters. The van der Waals surface area contributed by atoms with Crippen LogP contribution in [0.2, 0.25) is 5.02 Å². The Bertz CT molecular complexity index is 1580. The lowest BCUT2D eigenvalue weighted by Gasteiger charge is -2.43. The van der Waals surface area contributed by atoms with E-state index in [1.807, 2.05) is 54.6 Å². The first-order chi connectivity index (χ1) is 18.4. The number of nitrogens with two attached hydrogens (primary N) is 1. The van der Waals surface area contributed by atoms with Gasteiger partial charge in [0.2, 0.25) is 11.8 Å². The lowest BCUT2D eigenvalue weighted by atomic mass is 9.72. The van der Waals surface area contributed by atoms with Gasteiger partial charge in [0, 0.05) is 33.6 Å². The smallest absolute Gasteiger partial charge is 0.329 e. The normalized spacial score (nSPS) is 21.2. The summed E-state index contributed by atoms with van der Waals surface area (Å²) in [5.74, 6) is -0.956. The minimum Gasteiger partial charge on any atom is -0.366 e. The predicted octanol–water partition coefficient (Wildman–Crippen LogP) is 5.66. The minimum absolute atomic E-state index is 0.0506. The highest BCUT2D eigenvalue weighted by Crippen LogP contribution is 2.45. The van der Waals surface area contributed by atoms with Crippen molar-refractivity contribution in [1.29, 1.82) is 0 Å². The summed E-state index contributed by atoms with van der Waals surface area (Å²) in [5, 5.41) is 5.42. The number of fused-ring (bicyclic) bond motifs is 2. The molecule has 2 fully saturated rings. The van der Waals surface area contributed by atoms with Gasteiger partial charge in [0.05, 0.1) is 17.8 Å². The maximum absolute atomic E-state index is 13.7. The quantitative estimate of drug-likeness (QED) is 0.359. The number of imide groups is 1. The zero-order valence-electron chi connectivity index (χ0n) is 20.4. The summed E-state index contributed by atoms with van der Waals surface area (Å²) in [6, 6.07) is 19.8. The van der Waals surface area contributed by atoms with Gasteiger partial charge in [-0.15, -0.1) is 0 Å². The molecule has 6 rings (SSSR count). The van der Waals surface area contributed by atoms with Crippen LogP contribution < -0.4 is 16.0 Å². The van der Waals surface area contributed by atoms with Gasteiger partial charge in [-0.25, -0.2) is 9.69 Å². The van der Waals surface area contributed by atoms with E-state index in [2.05, 4.69) is 10.3 Å². The summed E-state index contributed by atoms with van der Waals surface area (Å²) in [5.41, 5.74) is 9.22. The fourth-order valence-electron chi connectivity index (χ4n) is 5.90. The molecule has 3 atom stereocenters. The molecule has 0 radical (unpaired) electrons. The molecule has 3 aromatic carbocycles. The SMILES string of the molecule is NC(=O)c1ccc(-c2cccc(Cl)c2C2CCC3C(=O)N(c4cncc5ccccc45)C(=O)NC3C2)cc1. The monoisotopic (exact) mass is 524 g/mol. The molecule has 0 spiro atoms. The Morgan fingerprint density at radius 1 is 0.974 bits per heavy atom. The van der Waals surface area contributed by atoms with Crippen LogP contribution in [0.4, 0.5) is 10.5 Å². The first-order valence-electron chi connectivity index (χ1n) is 12.6. The summed E-state index contributed by atoms with van der Waals surface area (Å²) in [4.78, 5) is 44.0. The third-order valence-corrected chi connectivity index (χ3v) is 8.06. The highest BCUT2D eigenvalue weighted by atomic mass is 35.5. The van der Waals surface area contributed by atoms with Crippen molar-refractivity contribution in [3.63, 3.8) is 0 Å². The number of benzene rings is 3. The molecule has 1 saturated carbocycles. The summed E-state index contributed by atoms with van der Waals surface area (Å²) in [6.07, 6.45) is 5.27. The van der Waals surface area contributed by atoms with E-state index in [0.29, 0.717) is 29.1 Å². The Balaban J connectivity index is 1.29. The summed E-state index contributed by atoms with van der Waals surface area (Å²) in [6.45, 7) is 0. The summed E-state index contributed by atoms with van der Waals surface area (Å²) < 4.78 is 0. The molecule has 3 N–H and O–H groups in total. The number of hydrogen-bond acceptors (Lipinski definition) is 4. The number of primary amides is 1. The molecule has 38 heavy (non-hydrogen) atoms. The van der Waals surface area contributed by atoms with Gasteiger partial charge in [0.1, 0.15) is 0 Å². The molecule has 190 valence electrons. The maximum atomic E-state index is 13.7. The highest BCUT2D eigenvalue weighted by Gasteiger charge is 2.45.